The number of hydrogen-bond donors (Lipinski definition) is 2. The molecule has 2 N–H and O–H groups in total. The van der Waals surface area contributed by atoms with Crippen molar-refractivity contribution in [2.24, 2.45) is 11.8 Å². The van der Waals surface area contributed by atoms with Gasteiger partial charge in [-0.15, -0.1) is 0 Å². The van der Waals surface area contributed by atoms with Crippen molar-refractivity contribution in [2.45, 2.75) is 83.7 Å². The van der Waals surface area contributed by atoms with Gasteiger partial charge in [0.15, 0.2) is 0 Å². The molecule has 3 atom stereocenters. The third kappa shape index (κ3) is 5.83. The zero-order valence-electron chi connectivity index (χ0n) is 16.3. The molecule has 1 heterocycles. The maximum Gasteiger partial charge on any atom is 0.408 e. The van der Waals surface area contributed by atoms with Gasteiger partial charge in [-0.3, -0.25) is 4.79 Å². The average molecular weight is 372 g/mol. The number of nitrogens with one attached hydrogen (secondary N) is 1. The highest BCUT2D eigenvalue weighted by Gasteiger charge is 2.39. The van der Waals surface area contributed by atoms with E-state index in [-0.39, 0.29) is 30.4 Å². The Morgan fingerprint density at radius 3 is 2.31 bits per heavy atom. The first-order chi connectivity index (χ1) is 12.1. The van der Waals surface area contributed by atoms with Crippen LogP contribution in [0.5, 0.6) is 0 Å². The minimum atomic E-state index is -0.999. The molecule has 0 aromatic heterocycles. The van der Waals surface area contributed by atoms with Crippen LogP contribution in [-0.2, 0) is 9.53 Å². The van der Waals surface area contributed by atoms with Crippen molar-refractivity contribution in [3.63, 3.8) is 0 Å². The number of nitrogens with zero attached hydrogens (tertiary/aromatic N) is 1. The fourth-order valence-electron chi connectivity index (χ4n) is 3.87. The van der Waals surface area contributed by atoms with Gasteiger partial charge in [-0.25, -0.2) is 9.18 Å². The first-order valence-electron chi connectivity index (χ1n) is 9.67. The normalized spacial score (nSPS) is 29.2. The van der Waals surface area contributed by atoms with Gasteiger partial charge in [-0.05, 0) is 64.7 Å². The van der Waals surface area contributed by atoms with E-state index in [1.54, 1.807) is 20.8 Å². The first-order valence-corrected chi connectivity index (χ1v) is 9.67. The number of hydrogen-bond acceptors (Lipinski definition) is 4. The number of halogens is 1. The monoisotopic (exact) mass is 372 g/mol. The highest BCUT2D eigenvalue weighted by atomic mass is 19.1. The smallest absolute Gasteiger partial charge is 0.408 e. The zero-order valence-corrected chi connectivity index (χ0v) is 16.3. The molecule has 26 heavy (non-hydrogen) atoms. The van der Waals surface area contributed by atoms with Crippen molar-refractivity contribution in [1.82, 2.24) is 10.2 Å². The largest absolute Gasteiger partial charge is 0.444 e. The van der Waals surface area contributed by atoms with Crippen LogP contribution in [0.15, 0.2) is 0 Å². The summed E-state index contributed by atoms with van der Waals surface area (Å²) in [5, 5.41) is 12.5. The predicted octanol–water partition coefficient (Wildman–Crippen LogP) is 2.64. The Morgan fingerprint density at radius 1 is 1.19 bits per heavy atom. The molecule has 6 nitrogen and oxygen atoms in total. The summed E-state index contributed by atoms with van der Waals surface area (Å²) in [6.07, 6.45) is 1.47. The maximum atomic E-state index is 13.5. The predicted molar refractivity (Wildman–Crippen MR) is 96.4 cm³/mol. The van der Waals surface area contributed by atoms with E-state index in [1.165, 1.54) is 4.90 Å². The summed E-state index contributed by atoms with van der Waals surface area (Å²) in [5.41, 5.74) is -0.659. The lowest BCUT2D eigenvalue weighted by Crippen LogP contribution is -2.54. The second-order valence-corrected chi connectivity index (χ2v) is 8.72. The molecule has 1 saturated heterocycles. The third-order valence-corrected chi connectivity index (χ3v) is 5.39. The molecule has 7 heteroatoms. The fourth-order valence-corrected chi connectivity index (χ4v) is 3.87. The number of likely N-dealkylation sites (tertiary alicyclic amines) is 1. The molecular weight excluding hydrogens is 339 g/mol. The number of aliphatic hydroxyl groups excluding tert-OH is 1. The van der Waals surface area contributed by atoms with E-state index in [4.69, 9.17) is 4.74 Å². The van der Waals surface area contributed by atoms with Gasteiger partial charge in [0.05, 0.1) is 12.6 Å². The number of alkyl halides is 1. The standard InChI is InChI=1S/C19H33FN2O4/c1-12(13-5-7-15(23)8-6-13)16(21-18(25)26-19(2,3)4)17(24)22-10-9-14(20)11-22/h12-16,23H,5-11H2,1-4H3,(H,21,25)/t12-,13?,14-,15?,16?/m0/s1. The lowest BCUT2D eigenvalue weighted by atomic mass is 9.76. The quantitative estimate of drug-likeness (QED) is 0.795. The fraction of sp³-hybridized carbons (Fsp3) is 0.895. The molecular formula is C19H33FN2O4. The number of rotatable bonds is 4. The Morgan fingerprint density at radius 2 is 1.81 bits per heavy atom. The first kappa shape index (κ1) is 20.9. The summed E-state index contributed by atoms with van der Waals surface area (Å²) in [5.74, 6) is -0.123. The highest BCUT2D eigenvalue weighted by molar-refractivity contribution is 5.86. The van der Waals surface area contributed by atoms with Gasteiger partial charge in [0.25, 0.3) is 0 Å². The van der Waals surface area contributed by atoms with Crippen LogP contribution in [0, 0.1) is 11.8 Å². The van der Waals surface area contributed by atoms with Crippen LogP contribution in [0.1, 0.15) is 59.8 Å². The van der Waals surface area contributed by atoms with Crippen molar-refractivity contribution in [1.29, 1.82) is 0 Å². The minimum absolute atomic E-state index is 0.0848. The molecule has 0 bridgehead atoms. The lowest BCUT2D eigenvalue weighted by molar-refractivity contribution is -0.134. The summed E-state index contributed by atoms with van der Waals surface area (Å²) in [6.45, 7) is 7.71. The Hall–Kier alpha value is -1.37. The van der Waals surface area contributed by atoms with Crippen LogP contribution < -0.4 is 5.32 Å². The molecule has 0 radical (unpaired) electrons. The second kappa shape index (κ2) is 8.55. The van der Waals surface area contributed by atoms with E-state index < -0.39 is 23.9 Å². The highest BCUT2D eigenvalue weighted by Crippen LogP contribution is 2.33. The number of alkyl carbamates (subject to hydrolysis) is 1. The van der Waals surface area contributed by atoms with Gasteiger partial charge >= 0.3 is 6.09 Å². The number of carbonyl (C=O) groups excluding carboxylic acids is 2. The molecule has 1 aliphatic heterocycles. The molecule has 2 rings (SSSR count). The minimum Gasteiger partial charge on any atom is -0.444 e. The van der Waals surface area contributed by atoms with Crippen LogP contribution >= 0.6 is 0 Å². The van der Waals surface area contributed by atoms with Crippen molar-refractivity contribution in [3.8, 4) is 0 Å². The van der Waals surface area contributed by atoms with Gasteiger partial charge in [0.2, 0.25) is 5.91 Å². The van der Waals surface area contributed by atoms with Crippen molar-refractivity contribution in [2.75, 3.05) is 13.1 Å². The number of carbonyl (C=O) groups is 2. The van der Waals surface area contributed by atoms with Crippen molar-refractivity contribution >= 4 is 12.0 Å². The molecule has 2 aliphatic rings. The van der Waals surface area contributed by atoms with E-state index in [0.717, 1.165) is 12.8 Å². The molecule has 0 spiro atoms. The number of aliphatic hydroxyl groups is 1. The van der Waals surface area contributed by atoms with Gasteiger partial charge in [0, 0.05) is 6.54 Å². The topological polar surface area (TPSA) is 78.9 Å². The molecule has 2 amide bonds. The summed E-state index contributed by atoms with van der Waals surface area (Å²) < 4.78 is 18.9. The van der Waals surface area contributed by atoms with Gasteiger partial charge in [-0.2, -0.15) is 0 Å². The van der Waals surface area contributed by atoms with Crippen LogP contribution in [-0.4, -0.2) is 59.0 Å². The van der Waals surface area contributed by atoms with Crippen LogP contribution in [0.4, 0.5) is 9.18 Å². The van der Waals surface area contributed by atoms with Gasteiger partial charge < -0.3 is 20.1 Å². The van der Waals surface area contributed by atoms with Crippen molar-refractivity contribution < 1.29 is 23.8 Å². The lowest BCUT2D eigenvalue weighted by Gasteiger charge is -2.36. The SMILES string of the molecule is C[C@@H](C1CCC(O)CC1)C(NC(=O)OC(C)(C)C)C(=O)N1CC[C@H](F)C1. The van der Waals surface area contributed by atoms with E-state index in [2.05, 4.69) is 5.32 Å². The number of ether oxygens (including phenoxy) is 1. The van der Waals surface area contributed by atoms with Gasteiger partial charge in [0.1, 0.15) is 17.8 Å². The van der Waals surface area contributed by atoms with Crippen molar-refractivity contribution in [3.05, 3.63) is 0 Å². The summed E-state index contributed by atoms with van der Waals surface area (Å²) in [4.78, 5) is 26.8. The molecule has 150 valence electrons. The molecule has 2 fully saturated rings. The molecule has 1 aliphatic carbocycles. The molecule has 0 aromatic carbocycles. The average Bonchev–Trinajstić information content (AvgIpc) is 2.97. The Bertz CT molecular complexity index is 500. The third-order valence-electron chi connectivity index (χ3n) is 5.39. The van der Waals surface area contributed by atoms with E-state index in [0.29, 0.717) is 25.8 Å². The van der Waals surface area contributed by atoms with Crippen LogP contribution in [0.3, 0.4) is 0 Å². The van der Waals surface area contributed by atoms with E-state index >= 15 is 0 Å². The summed E-state index contributed by atoms with van der Waals surface area (Å²) >= 11 is 0. The van der Waals surface area contributed by atoms with Gasteiger partial charge in [-0.1, -0.05) is 6.92 Å². The Balaban J connectivity index is 2.09. The Kier molecular flexibility index (Phi) is 6.88. The summed E-state index contributed by atoms with van der Waals surface area (Å²) in [6, 6.07) is -0.740. The molecule has 1 unspecified atom stereocenters. The number of amides is 2. The molecule has 0 aromatic rings. The van der Waals surface area contributed by atoms with Crippen LogP contribution in [0.25, 0.3) is 0 Å². The van der Waals surface area contributed by atoms with E-state index in [1.807, 2.05) is 6.92 Å². The Labute approximate surface area is 155 Å². The second-order valence-electron chi connectivity index (χ2n) is 8.72. The van der Waals surface area contributed by atoms with E-state index in [9.17, 15) is 19.1 Å². The summed E-state index contributed by atoms with van der Waals surface area (Å²) in [7, 11) is 0. The zero-order chi connectivity index (χ0) is 19.5. The van der Waals surface area contributed by atoms with Crippen LogP contribution in [0.2, 0.25) is 0 Å². The molecule has 1 saturated carbocycles. The maximum absolute atomic E-state index is 13.5.